The predicted octanol–water partition coefficient (Wildman–Crippen LogP) is 3.44. The average molecular weight is 318 g/mol. The van der Waals surface area contributed by atoms with Gasteiger partial charge in [0.15, 0.2) is 11.6 Å². The summed E-state index contributed by atoms with van der Waals surface area (Å²) in [6.45, 7) is 2.73. The lowest BCUT2D eigenvalue weighted by molar-refractivity contribution is 0.0696. The van der Waals surface area contributed by atoms with Crippen LogP contribution in [-0.2, 0) is 0 Å². The van der Waals surface area contributed by atoms with Crippen molar-refractivity contribution < 1.29 is 18.7 Å². The topological polar surface area (TPSA) is 53.4 Å². The molecule has 0 aliphatic carbocycles. The fraction of sp³-hybridized carbons (Fsp3) is 0.294. The molecule has 1 N–H and O–H groups in total. The van der Waals surface area contributed by atoms with E-state index < -0.39 is 17.6 Å². The second-order valence-corrected chi connectivity index (χ2v) is 5.71. The Morgan fingerprint density at radius 1 is 1.26 bits per heavy atom. The highest BCUT2D eigenvalue weighted by Gasteiger charge is 2.33. The fourth-order valence-corrected chi connectivity index (χ4v) is 3.13. The van der Waals surface area contributed by atoms with E-state index in [-0.39, 0.29) is 17.5 Å². The van der Waals surface area contributed by atoms with E-state index in [2.05, 4.69) is 9.88 Å². The Bertz CT molecular complexity index is 734. The van der Waals surface area contributed by atoms with Crippen molar-refractivity contribution in [3.05, 3.63) is 59.3 Å². The number of aromatic carboxylic acids is 1. The van der Waals surface area contributed by atoms with Gasteiger partial charge >= 0.3 is 5.97 Å². The van der Waals surface area contributed by atoms with Gasteiger partial charge in [-0.2, -0.15) is 0 Å². The molecule has 0 bridgehead atoms. The summed E-state index contributed by atoms with van der Waals surface area (Å²) in [5.41, 5.74) is 0.902. The molecule has 1 aliphatic rings. The number of rotatable bonds is 3. The molecule has 0 saturated carbocycles. The van der Waals surface area contributed by atoms with E-state index in [1.54, 1.807) is 12.1 Å². The number of pyridine rings is 1. The second-order valence-electron chi connectivity index (χ2n) is 5.71. The van der Waals surface area contributed by atoms with E-state index in [0.717, 1.165) is 24.6 Å². The van der Waals surface area contributed by atoms with Crippen LogP contribution in [0.4, 0.5) is 14.6 Å². The van der Waals surface area contributed by atoms with Gasteiger partial charge in [0.1, 0.15) is 5.82 Å². The standard InChI is InChI=1S/C17H16F2N2O2/c1-10-13(11-2-4-14(18)15(19)8-11)6-7-21(10)16-5-3-12(9-20-16)17(22)23/h2-5,8-10,13H,6-7H2,1H3,(H,22,23). The quantitative estimate of drug-likeness (QED) is 0.942. The molecule has 0 radical (unpaired) electrons. The first kappa shape index (κ1) is 15.4. The maximum absolute atomic E-state index is 13.4. The zero-order valence-electron chi connectivity index (χ0n) is 12.5. The van der Waals surface area contributed by atoms with E-state index >= 15 is 0 Å². The first-order valence-corrected chi connectivity index (χ1v) is 7.38. The van der Waals surface area contributed by atoms with Crippen molar-refractivity contribution in [2.75, 3.05) is 11.4 Å². The number of carbonyl (C=O) groups is 1. The molecule has 1 fully saturated rings. The number of halogens is 2. The summed E-state index contributed by atoms with van der Waals surface area (Å²) in [5, 5.41) is 8.91. The molecule has 1 aromatic carbocycles. The molecule has 0 spiro atoms. The summed E-state index contributed by atoms with van der Waals surface area (Å²) in [5.74, 6) is -1.93. The van der Waals surface area contributed by atoms with Crippen LogP contribution in [0.1, 0.15) is 35.2 Å². The number of carboxylic acids is 1. The van der Waals surface area contributed by atoms with E-state index in [1.807, 2.05) is 6.92 Å². The van der Waals surface area contributed by atoms with E-state index in [1.165, 1.54) is 18.3 Å². The highest BCUT2D eigenvalue weighted by molar-refractivity contribution is 5.87. The van der Waals surface area contributed by atoms with Gasteiger partial charge in [0, 0.05) is 24.7 Å². The Hall–Kier alpha value is -2.50. The molecular weight excluding hydrogens is 302 g/mol. The van der Waals surface area contributed by atoms with Crippen LogP contribution in [0.25, 0.3) is 0 Å². The molecule has 2 atom stereocenters. The molecule has 4 nitrogen and oxygen atoms in total. The summed E-state index contributed by atoms with van der Waals surface area (Å²) in [7, 11) is 0. The highest BCUT2D eigenvalue weighted by atomic mass is 19.2. The minimum atomic E-state index is -1.02. The molecule has 1 saturated heterocycles. The predicted molar refractivity (Wildman–Crippen MR) is 81.7 cm³/mol. The molecule has 1 aliphatic heterocycles. The fourth-order valence-electron chi connectivity index (χ4n) is 3.13. The normalized spacial score (nSPS) is 20.7. The molecule has 2 aromatic rings. The summed E-state index contributed by atoms with van der Waals surface area (Å²) in [6, 6.07) is 7.27. The molecule has 2 unspecified atom stereocenters. The van der Waals surface area contributed by atoms with Crippen molar-refractivity contribution in [3.63, 3.8) is 0 Å². The van der Waals surface area contributed by atoms with Gasteiger partial charge in [0.25, 0.3) is 0 Å². The van der Waals surface area contributed by atoms with Gasteiger partial charge in [-0.1, -0.05) is 6.07 Å². The monoisotopic (exact) mass is 318 g/mol. The Kier molecular flexibility index (Phi) is 3.98. The third kappa shape index (κ3) is 2.88. The molecule has 6 heteroatoms. The van der Waals surface area contributed by atoms with Gasteiger partial charge in [0.05, 0.1) is 5.56 Å². The summed E-state index contributed by atoms with van der Waals surface area (Å²) in [6.07, 6.45) is 2.13. The number of hydrogen-bond donors (Lipinski definition) is 1. The van der Waals surface area contributed by atoms with Gasteiger partial charge in [0.2, 0.25) is 0 Å². The Morgan fingerprint density at radius 3 is 2.65 bits per heavy atom. The minimum absolute atomic E-state index is 0.0584. The van der Waals surface area contributed by atoms with Crippen molar-refractivity contribution in [1.82, 2.24) is 4.98 Å². The third-order valence-corrected chi connectivity index (χ3v) is 4.42. The van der Waals surface area contributed by atoms with Crippen LogP contribution in [0.15, 0.2) is 36.5 Å². The van der Waals surface area contributed by atoms with Gasteiger partial charge in [-0.3, -0.25) is 0 Å². The number of aromatic nitrogens is 1. The molecule has 3 rings (SSSR count). The molecule has 23 heavy (non-hydrogen) atoms. The lowest BCUT2D eigenvalue weighted by Gasteiger charge is -2.26. The molecule has 120 valence electrons. The zero-order valence-corrected chi connectivity index (χ0v) is 12.5. The van der Waals surface area contributed by atoms with Crippen LogP contribution in [0.2, 0.25) is 0 Å². The van der Waals surface area contributed by atoms with Crippen molar-refractivity contribution >= 4 is 11.8 Å². The molecule has 2 heterocycles. The van der Waals surface area contributed by atoms with Gasteiger partial charge < -0.3 is 10.0 Å². The number of anilines is 1. The number of nitrogens with zero attached hydrogens (tertiary/aromatic N) is 2. The smallest absolute Gasteiger partial charge is 0.337 e. The lowest BCUT2D eigenvalue weighted by atomic mass is 9.92. The molecule has 0 amide bonds. The van der Waals surface area contributed by atoms with Crippen LogP contribution < -0.4 is 4.90 Å². The van der Waals surface area contributed by atoms with Crippen LogP contribution in [0.3, 0.4) is 0 Å². The third-order valence-electron chi connectivity index (χ3n) is 4.42. The summed E-state index contributed by atoms with van der Waals surface area (Å²) >= 11 is 0. The Morgan fingerprint density at radius 2 is 2.04 bits per heavy atom. The summed E-state index contributed by atoms with van der Waals surface area (Å²) < 4.78 is 26.5. The SMILES string of the molecule is CC1C(c2ccc(F)c(F)c2)CCN1c1ccc(C(=O)O)cn1. The van der Waals surface area contributed by atoms with E-state index in [9.17, 15) is 13.6 Å². The minimum Gasteiger partial charge on any atom is -0.478 e. The van der Waals surface area contributed by atoms with Crippen molar-refractivity contribution in [1.29, 1.82) is 0 Å². The highest BCUT2D eigenvalue weighted by Crippen LogP contribution is 2.36. The largest absolute Gasteiger partial charge is 0.478 e. The number of hydrogen-bond acceptors (Lipinski definition) is 3. The van der Waals surface area contributed by atoms with Crippen LogP contribution in [0.5, 0.6) is 0 Å². The van der Waals surface area contributed by atoms with Crippen LogP contribution in [-0.4, -0.2) is 28.6 Å². The molecule has 1 aromatic heterocycles. The van der Waals surface area contributed by atoms with Crippen molar-refractivity contribution in [3.8, 4) is 0 Å². The average Bonchev–Trinajstić information content (AvgIpc) is 2.92. The first-order valence-electron chi connectivity index (χ1n) is 7.38. The van der Waals surface area contributed by atoms with Crippen LogP contribution >= 0.6 is 0 Å². The van der Waals surface area contributed by atoms with Crippen LogP contribution in [0, 0.1) is 11.6 Å². The van der Waals surface area contributed by atoms with E-state index in [0.29, 0.717) is 5.82 Å². The van der Waals surface area contributed by atoms with E-state index in [4.69, 9.17) is 5.11 Å². The number of benzene rings is 1. The lowest BCUT2D eigenvalue weighted by Crippen LogP contribution is -2.30. The zero-order chi connectivity index (χ0) is 16.6. The van der Waals surface area contributed by atoms with Gasteiger partial charge in [-0.15, -0.1) is 0 Å². The molecular formula is C17H16F2N2O2. The second kappa shape index (κ2) is 5.95. The Balaban J connectivity index is 1.81. The summed E-state index contributed by atoms with van der Waals surface area (Å²) in [4.78, 5) is 17.1. The van der Waals surface area contributed by atoms with Crippen molar-refractivity contribution in [2.45, 2.75) is 25.3 Å². The maximum Gasteiger partial charge on any atom is 0.337 e. The first-order chi connectivity index (χ1) is 11.0. The van der Waals surface area contributed by atoms with Gasteiger partial charge in [-0.05, 0) is 43.2 Å². The Labute approximate surface area is 132 Å². The van der Waals surface area contributed by atoms with Crippen molar-refractivity contribution in [2.24, 2.45) is 0 Å². The van der Waals surface area contributed by atoms with Gasteiger partial charge in [-0.25, -0.2) is 18.6 Å². The maximum atomic E-state index is 13.4. The number of carboxylic acid groups (broad SMARTS) is 1.